The minimum atomic E-state index is 0.000000000000000222. The molecule has 0 atom stereocenters. The quantitative estimate of drug-likeness (QED) is 0.686. The molecule has 0 saturated heterocycles. The van der Waals surface area contributed by atoms with Gasteiger partial charge in [0.25, 0.3) is 0 Å². The van der Waals surface area contributed by atoms with Crippen LogP contribution in [-0.4, -0.2) is 20.1 Å². The van der Waals surface area contributed by atoms with E-state index in [0.717, 1.165) is 17.5 Å². The zero-order valence-corrected chi connectivity index (χ0v) is 11.1. The van der Waals surface area contributed by atoms with Crippen LogP contribution in [0.15, 0.2) is 9.95 Å². The van der Waals surface area contributed by atoms with Crippen LogP contribution in [0.4, 0.5) is 0 Å². The van der Waals surface area contributed by atoms with Gasteiger partial charge in [-0.1, -0.05) is 45.9 Å². The van der Waals surface area contributed by atoms with Gasteiger partial charge >= 0.3 is 5.69 Å². The Morgan fingerprint density at radius 1 is 1.40 bits per heavy atom. The summed E-state index contributed by atoms with van der Waals surface area (Å²) in [6, 6.07) is 0. The molecule has 0 saturated carbocycles. The molecule has 2 heterocycles. The number of fused-ring (bicyclic) bond motifs is 1. The van der Waals surface area contributed by atoms with Crippen molar-refractivity contribution in [2.45, 2.75) is 45.8 Å². The highest BCUT2D eigenvalue weighted by atomic mass is 32.2. The molecule has 0 aliphatic carbocycles. The number of rotatable bonds is 0. The Bertz CT molecular complexity index is 330. The third-order valence-corrected chi connectivity index (χ3v) is 2.47. The van der Waals surface area contributed by atoms with Crippen LogP contribution in [0.3, 0.4) is 0 Å². The van der Waals surface area contributed by atoms with Gasteiger partial charge in [0.05, 0.1) is 0 Å². The fourth-order valence-corrected chi connectivity index (χ4v) is 1.97. The van der Waals surface area contributed by atoms with E-state index in [0.29, 0.717) is 0 Å². The lowest BCUT2D eigenvalue weighted by atomic mass is 10.6. The van der Waals surface area contributed by atoms with Gasteiger partial charge in [-0.15, -0.1) is 5.10 Å². The lowest BCUT2D eigenvalue weighted by Crippen LogP contribution is -2.22. The zero-order chi connectivity index (χ0) is 11.8. The van der Waals surface area contributed by atoms with E-state index in [9.17, 15) is 4.79 Å². The molecule has 0 spiro atoms. The highest BCUT2D eigenvalue weighted by Gasteiger charge is 2.16. The van der Waals surface area contributed by atoms with Crippen molar-refractivity contribution >= 4 is 11.8 Å². The molecule has 88 valence electrons. The van der Waals surface area contributed by atoms with Crippen LogP contribution in [0.1, 0.15) is 34.1 Å². The number of hydrogen-bond donors (Lipinski definition) is 0. The van der Waals surface area contributed by atoms with Gasteiger partial charge in [-0.05, 0) is 0 Å². The Kier molecular flexibility index (Phi) is 7.21. The van der Waals surface area contributed by atoms with Crippen molar-refractivity contribution in [3.63, 3.8) is 0 Å². The average Bonchev–Trinajstić information content (AvgIpc) is 2.77. The summed E-state index contributed by atoms with van der Waals surface area (Å²) in [7, 11) is 1.67. The van der Waals surface area contributed by atoms with Crippen LogP contribution in [-0.2, 0) is 13.6 Å². The first kappa shape index (κ1) is 14.3. The number of thioether (sulfide) groups is 1. The maximum atomic E-state index is 11.1. The van der Waals surface area contributed by atoms with E-state index >= 15 is 0 Å². The first-order valence-corrected chi connectivity index (χ1v) is 6.45. The SMILES string of the molecule is CC.CCC.Cn1nc2n(c1=O)CCS2. The molecular formula is C10H21N3OS. The molecule has 0 bridgehead atoms. The largest absolute Gasteiger partial charge is 0.346 e. The molecule has 1 aliphatic rings. The van der Waals surface area contributed by atoms with E-state index < -0.39 is 0 Å². The van der Waals surface area contributed by atoms with E-state index in [1.807, 2.05) is 13.8 Å². The molecule has 15 heavy (non-hydrogen) atoms. The molecule has 5 heteroatoms. The van der Waals surface area contributed by atoms with Crippen LogP contribution in [0.5, 0.6) is 0 Å². The molecular weight excluding hydrogens is 210 g/mol. The standard InChI is InChI=1S/C5H7N3OS.C3H8.C2H6/c1-7-5(9)8-2-3-10-4(8)6-7;1-3-2;1-2/h2-3H2,1H3;3H2,1-2H3;1-2H3. The van der Waals surface area contributed by atoms with Gasteiger partial charge in [0.2, 0.25) is 0 Å². The summed E-state index contributed by atoms with van der Waals surface area (Å²) in [5, 5.41) is 4.88. The molecule has 0 N–H and O–H groups in total. The first-order chi connectivity index (χ1) is 7.20. The van der Waals surface area contributed by atoms with Crippen LogP contribution < -0.4 is 5.69 Å². The second-order valence-corrected chi connectivity index (χ2v) is 3.96. The van der Waals surface area contributed by atoms with Crippen molar-refractivity contribution in [3.8, 4) is 0 Å². The predicted octanol–water partition coefficient (Wildman–Crippen LogP) is 2.13. The maximum absolute atomic E-state index is 11.1. The minimum Gasteiger partial charge on any atom is -0.269 e. The summed E-state index contributed by atoms with van der Waals surface area (Å²) in [6.07, 6.45) is 1.25. The normalized spacial score (nSPS) is 12.1. The summed E-state index contributed by atoms with van der Waals surface area (Å²) < 4.78 is 3.08. The minimum absolute atomic E-state index is 0.000000000000000222. The van der Waals surface area contributed by atoms with Crippen molar-refractivity contribution < 1.29 is 0 Å². The molecule has 1 aromatic rings. The Hall–Kier alpha value is -0.710. The van der Waals surface area contributed by atoms with Gasteiger partial charge in [-0.2, -0.15) is 0 Å². The van der Waals surface area contributed by atoms with Crippen molar-refractivity contribution in [2.24, 2.45) is 7.05 Å². The average molecular weight is 231 g/mol. The predicted molar refractivity (Wildman–Crippen MR) is 65.5 cm³/mol. The van der Waals surface area contributed by atoms with Crippen molar-refractivity contribution in [1.29, 1.82) is 0 Å². The van der Waals surface area contributed by atoms with E-state index in [2.05, 4.69) is 18.9 Å². The fourth-order valence-electron chi connectivity index (χ4n) is 1.01. The highest BCUT2D eigenvalue weighted by Crippen LogP contribution is 2.19. The van der Waals surface area contributed by atoms with Crippen LogP contribution in [0.25, 0.3) is 0 Å². The smallest absolute Gasteiger partial charge is 0.269 e. The van der Waals surface area contributed by atoms with Crippen molar-refractivity contribution in [3.05, 3.63) is 10.5 Å². The molecule has 2 rings (SSSR count). The molecule has 0 unspecified atom stereocenters. The van der Waals surface area contributed by atoms with Crippen LogP contribution in [0.2, 0.25) is 0 Å². The molecule has 0 radical (unpaired) electrons. The summed E-state index contributed by atoms with van der Waals surface area (Å²) in [6.45, 7) is 9.06. The van der Waals surface area contributed by atoms with Gasteiger partial charge in [0.1, 0.15) is 0 Å². The van der Waals surface area contributed by atoms with E-state index in [1.165, 1.54) is 11.1 Å². The third kappa shape index (κ3) is 3.74. The number of aryl methyl sites for hydroxylation is 1. The zero-order valence-electron chi connectivity index (χ0n) is 10.3. The van der Waals surface area contributed by atoms with Crippen LogP contribution in [0, 0.1) is 0 Å². The Morgan fingerprint density at radius 3 is 2.40 bits per heavy atom. The van der Waals surface area contributed by atoms with Gasteiger partial charge < -0.3 is 0 Å². The maximum Gasteiger partial charge on any atom is 0.346 e. The summed E-state index contributed by atoms with van der Waals surface area (Å²) in [5.74, 6) is 0.985. The molecule has 1 aromatic heterocycles. The molecule has 0 amide bonds. The topological polar surface area (TPSA) is 39.8 Å². The monoisotopic (exact) mass is 231 g/mol. The number of hydrogen-bond acceptors (Lipinski definition) is 3. The number of aromatic nitrogens is 3. The second-order valence-electron chi connectivity index (χ2n) is 2.90. The second kappa shape index (κ2) is 7.56. The van der Waals surface area contributed by atoms with Crippen molar-refractivity contribution in [1.82, 2.24) is 14.3 Å². The Balaban J connectivity index is 0.000000342. The Morgan fingerprint density at radius 2 is 1.93 bits per heavy atom. The van der Waals surface area contributed by atoms with Gasteiger partial charge in [0, 0.05) is 19.3 Å². The molecule has 4 nitrogen and oxygen atoms in total. The van der Waals surface area contributed by atoms with E-state index in [4.69, 9.17) is 0 Å². The fraction of sp³-hybridized carbons (Fsp3) is 0.800. The van der Waals surface area contributed by atoms with Crippen LogP contribution >= 0.6 is 11.8 Å². The van der Waals surface area contributed by atoms with Crippen molar-refractivity contribution in [2.75, 3.05) is 5.75 Å². The lowest BCUT2D eigenvalue weighted by Gasteiger charge is -1.85. The van der Waals surface area contributed by atoms with Gasteiger partial charge in [0.15, 0.2) is 5.16 Å². The molecule has 1 aliphatic heterocycles. The highest BCUT2D eigenvalue weighted by molar-refractivity contribution is 7.99. The molecule has 0 fully saturated rings. The first-order valence-electron chi connectivity index (χ1n) is 5.47. The molecule has 0 aromatic carbocycles. The van der Waals surface area contributed by atoms with E-state index in [1.54, 1.807) is 23.4 Å². The van der Waals surface area contributed by atoms with E-state index in [-0.39, 0.29) is 5.69 Å². The summed E-state index contributed by atoms with van der Waals surface area (Å²) in [5.41, 5.74) is 0.000000000000000222. The Labute approximate surface area is 95.7 Å². The summed E-state index contributed by atoms with van der Waals surface area (Å²) in [4.78, 5) is 11.1. The summed E-state index contributed by atoms with van der Waals surface area (Å²) >= 11 is 1.63. The van der Waals surface area contributed by atoms with Gasteiger partial charge in [-0.25, -0.2) is 9.48 Å². The number of nitrogens with zero attached hydrogens (tertiary/aromatic N) is 3. The van der Waals surface area contributed by atoms with Gasteiger partial charge in [-0.3, -0.25) is 4.57 Å². The lowest BCUT2D eigenvalue weighted by molar-refractivity contribution is 0.678. The third-order valence-electron chi connectivity index (χ3n) is 1.52.